The van der Waals surface area contributed by atoms with Crippen molar-refractivity contribution >= 4 is 0 Å². The summed E-state index contributed by atoms with van der Waals surface area (Å²) in [6.07, 6.45) is 6.26. The van der Waals surface area contributed by atoms with Crippen LogP contribution in [0.1, 0.15) is 12.0 Å². The minimum absolute atomic E-state index is 0.389. The molecule has 0 spiro atoms. The fraction of sp³-hybridized carbons (Fsp3) is 0.385. The molecule has 0 amide bonds. The maximum atomic E-state index is 5.86. The molecule has 2 aliphatic carbocycles. The van der Waals surface area contributed by atoms with Gasteiger partial charge in [0.1, 0.15) is 0 Å². The van der Waals surface area contributed by atoms with Gasteiger partial charge in [0, 0.05) is 0 Å². The van der Waals surface area contributed by atoms with E-state index >= 15 is 0 Å². The summed E-state index contributed by atoms with van der Waals surface area (Å²) in [5.74, 6) is 1.65. The van der Waals surface area contributed by atoms with E-state index in [1.807, 2.05) is 6.07 Å². The van der Waals surface area contributed by atoms with Crippen molar-refractivity contribution in [2.45, 2.75) is 19.1 Å². The number of rotatable bonds is 3. The quantitative estimate of drug-likeness (QED) is 0.659. The summed E-state index contributed by atoms with van der Waals surface area (Å²) >= 11 is 0. The first-order chi connectivity index (χ1) is 6.93. The van der Waals surface area contributed by atoms with Crippen LogP contribution in [-0.4, -0.2) is 6.10 Å². The van der Waals surface area contributed by atoms with Crippen LogP contribution in [0.5, 0.6) is 0 Å². The summed E-state index contributed by atoms with van der Waals surface area (Å²) in [6, 6.07) is 10.4. The van der Waals surface area contributed by atoms with E-state index in [9.17, 15) is 0 Å². The Hall–Kier alpha value is -1.08. The van der Waals surface area contributed by atoms with E-state index in [-0.39, 0.29) is 0 Å². The Labute approximate surface area is 84.4 Å². The number of ether oxygens (including phenoxy) is 1. The molecule has 0 unspecified atom stereocenters. The Morgan fingerprint density at radius 3 is 2.64 bits per heavy atom. The van der Waals surface area contributed by atoms with Crippen molar-refractivity contribution in [3.8, 4) is 0 Å². The van der Waals surface area contributed by atoms with Gasteiger partial charge in [0.05, 0.1) is 12.7 Å². The molecule has 0 N–H and O–H groups in total. The Bertz CT molecular complexity index is 342. The zero-order chi connectivity index (χ0) is 9.38. The van der Waals surface area contributed by atoms with E-state index in [1.165, 1.54) is 12.0 Å². The van der Waals surface area contributed by atoms with Crippen LogP contribution in [0.15, 0.2) is 42.5 Å². The third kappa shape index (κ3) is 1.48. The smallest absolute Gasteiger partial charge is 0.0794 e. The molecule has 0 aromatic heterocycles. The Morgan fingerprint density at radius 1 is 1.14 bits per heavy atom. The summed E-state index contributed by atoms with van der Waals surface area (Å²) < 4.78 is 5.86. The summed E-state index contributed by atoms with van der Waals surface area (Å²) in [5, 5.41) is 0. The Balaban J connectivity index is 1.57. The highest BCUT2D eigenvalue weighted by molar-refractivity contribution is 5.18. The van der Waals surface area contributed by atoms with Crippen molar-refractivity contribution in [3.63, 3.8) is 0 Å². The van der Waals surface area contributed by atoms with Crippen LogP contribution in [0.2, 0.25) is 0 Å². The van der Waals surface area contributed by atoms with Gasteiger partial charge in [-0.15, -0.1) is 0 Å². The van der Waals surface area contributed by atoms with Crippen molar-refractivity contribution in [2.75, 3.05) is 0 Å². The van der Waals surface area contributed by atoms with Gasteiger partial charge in [-0.1, -0.05) is 42.5 Å². The summed E-state index contributed by atoms with van der Waals surface area (Å²) in [5.41, 5.74) is 1.27. The molecule has 0 aliphatic heterocycles. The lowest BCUT2D eigenvalue weighted by atomic mass is 10.2. The van der Waals surface area contributed by atoms with Crippen LogP contribution < -0.4 is 0 Å². The van der Waals surface area contributed by atoms with E-state index in [4.69, 9.17) is 4.74 Å². The molecule has 0 heterocycles. The minimum atomic E-state index is 0.389. The highest BCUT2D eigenvalue weighted by atomic mass is 16.5. The van der Waals surface area contributed by atoms with Gasteiger partial charge in [-0.2, -0.15) is 0 Å². The molecule has 3 atom stereocenters. The first kappa shape index (κ1) is 8.25. The zero-order valence-corrected chi connectivity index (χ0v) is 8.10. The van der Waals surface area contributed by atoms with Crippen LogP contribution in [0.25, 0.3) is 0 Å². The molecule has 0 bridgehead atoms. The molecule has 1 aromatic carbocycles. The Morgan fingerprint density at radius 2 is 2.00 bits per heavy atom. The van der Waals surface area contributed by atoms with Crippen LogP contribution in [0.4, 0.5) is 0 Å². The van der Waals surface area contributed by atoms with Gasteiger partial charge in [-0.3, -0.25) is 0 Å². The average Bonchev–Trinajstić information content (AvgIpc) is 2.92. The summed E-state index contributed by atoms with van der Waals surface area (Å²) in [6.45, 7) is 0.749. The third-order valence-electron chi connectivity index (χ3n) is 3.15. The van der Waals surface area contributed by atoms with Crippen LogP contribution in [0, 0.1) is 11.8 Å². The first-order valence-corrected chi connectivity index (χ1v) is 5.27. The first-order valence-electron chi connectivity index (χ1n) is 5.27. The maximum absolute atomic E-state index is 5.86. The van der Waals surface area contributed by atoms with Gasteiger partial charge in [0.25, 0.3) is 0 Å². The standard InChI is InChI=1S/C13H14O/c1-2-4-10(5-3-1)9-14-13-7-6-11-8-12(11)13/h1-7,11-13H,8-9H2/t11-,12+,13+/m0/s1. The van der Waals surface area contributed by atoms with Crippen LogP contribution in [0.3, 0.4) is 0 Å². The van der Waals surface area contributed by atoms with Gasteiger partial charge in [-0.25, -0.2) is 0 Å². The van der Waals surface area contributed by atoms with Gasteiger partial charge in [-0.05, 0) is 23.8 Å². The molecular formula is C13H14O. The van der Waals surface area contributed by atoms with Gasteiger partial charge >= 0.3 is 0 Å². The van der Waals surface area contributed by atoms with E-state index < -0.39 is 0 Å². The number of fused-ring (bicyclic) bond motifs is 1. The molecule has 0 radical (unpaired) electrons. The summed E-state index contributed by atoms with van der Waals surface area (Å²) in [7, 11) is 0. The predicted octanol–water partition coefficient (Wildman–Crippen LogP) is 2.78. The minimum Gasteiger partial charge on any atom is -0.369 e. The lowest BCUT2D eigenvalue weighted by Gasteiger charge is -2.10. The topological polar surface area (TPSA) is 9.23 Å². The van der Waals surface area contributed by atoms with Crippen molar-refractivity contribution in [1.29, 1.82) is 0 Å². The lowest BCUT2D eigenvalue weighted by molar-refractivity contribution is 0.0600. The molecule has 3 rings (SSSR count). The van der Waals surface area contributed by atoms with Crippen LogP contribution >= 0.6 is 0 Å². The molecule has 1 aromatic rings. The van der Waals surface area contributed by atoms with Gasteiger partial charge in [0.15, 0.2) is 0 Å². The normalized spacial score (nSPS) is 33.0. The van der Waals surface area contributed by atoms with E-state index in [2.05, 4.69) is 36.4 Å². The Kier molecular flexibility index (Phi) is 1.91. The SMILES string of the molecule is C1=C[C@@H](OCc2ccccc2)[C@@H]2C[C@H]12. The largest absolute Gasteiger partial charge is 0.369 e. The zero-order valence-electron chi connectivity index (χ0n) is 8.10. The van der Waals surface area contributed by atoms with Gasteiger partial charge < -0.3 is 4.74 Å². The van der Waals surface area contributed by atoms with Crippen molar-refractivity contribution in [2.24, 2.45) is 11.8 Å². The third-order valence-corrected chi connectivity index (χ3v) is 3.15. The molecule has 1 fully saturated rings. The lowest BCUT2D eigenvalue weighted by Crippen LogP contribution is -2.10. The predicted molar refractivity (Wildman–Crippen MR) is 55.8 cm³/mol. The van der Waals surface area contributed by atoms with E-state index in [1.54, 1.807) is 0 Å². The molecule has 2 aliphatic rings. The second-order valence-corrected chi connectivity index (χ2v) is 4.21. The molecule has 1 nitrogen and oxygen atoms in total. The molecule has 1 heteroatoms. The highest BCUT2D eigenvalue weighted by Gasteiger charge is 2.44. The number of hydrogen-bond donors (Lipinski definition) is 0. The van der Waals surface area contributed by atoms with Gasteiger partial charge in [0.2, 0.25) is 0 Å². The fourth-order valence-electron chi connectivity index (χ4n) is 2.18. The number of benzene rings is 1. The molecule has 1 saturated carbocycles. The molecule has 72 valence electrons. The van der Waals surface area contributed by atoms with E-state index in [0.717, 1.165) is 18.4 Å². The monoisotopic (exact) mass is 186 g/mol. The number of allylic oxidation sites excluding steroid dienone is 1. The average molecular weight is 186 g/mol. The second-order valence-electron chi connectivity index (χ2n) is 4.21. The fourth-order valence-corrected chi connectivity index (χ4v) is 2.18. The van der Waals surface area contributed by atoms with Crippen molar-refractivity contribution in [3.05, 3.63) is 48.0 Å². The van der Waals surface area contributed by atoms with Crippen molar-refractivity contribution < 1.29 is 4.74 Å². The van der Waals surface area contributed by atoms with Crippen LogP contribution in [-0.2, 0) is 11.3 Å². The maximum Gasteiger partial charge on any atom is 0.0794 e. The number of hydrogen-bond acceptors (Lipinski definition) is 1. The van der Waals surface area contributed by atoms with E-state index in [0.29, 0.717) is 6.10 Å². The highest BCUT2D eigenvalue weighted by Crippen LogP contribution is 2.48. The second kappa shape index (κ2) is 3.25. The van der Waals surface area contributed by atoms with Crippen molar-refractivity contribution in [1.82, 2.24) is 0 Å². The molecule has 0 saturated heterocycles. The molecular weight excluding hydrogens is 172 g/mol. The molecule has 14 heavy (non-hydrogen) atoms. The summed E-state index contributed by atoms with van der Waals surface area (Å²) in [4.78, 5) is 0.